The molecule has 8 nitrogen and oxygen atoms in total. The molecular weight excluding hydrogens is 368 g/mol. The van der Waals surface area contributed by atoms with Gasteiger partial charge in [-0.3, -0.25) is 14.5 Å². The fraction of sp³-hybridized carbons (Fsp3) is 0.333. The van der Waals surface area contributed by atoms with Crippen LogP contribution in [0.2, 0.25) is 0 Å². The number of aromatic amines is 1. The number of aromatic nitrogens is 3. The number of hydrogen-bond donors (Lipinski definition) is 2. The lowest BCUT2D eigenvalue weighted by Gasteiger charge is -2.34. The van der Waals surface area contributed by atoms with Crippen molar-refractivity contribution in [2.24, 2.45) is 0 Å². The third-order valence-electron chi connectivity index (χ3n) is 5.14. The Morgan fingerprint density at radius 2 is 1.83 bits per heavy atom. The lowest BCUT2D eigenvalue weighted by atomic mass is 10.1. The summed E-state index contributed by atoms with van der Waals surface area (Å²) in [5.74, 6) is 0.572. The van der Waals surface area contributed by atoms with Gasteiger partial charge in [-0.05, 0) is 25.1 Å². The summed E-state index contributed by atoms with van der Waals surface area (Å²) in [6, 6.07) is 10.5. The Hall–Kier alpha value is -3.26. The van der Waals surface area contributed by atoms with E-state index in [1.165, 1.54) is 6.07 Å². The minimum atomic E-state index is -0.269. The zero-order chi connectivity index (χ0) is 20.1. The fourth-order valence-corrected chi connectivity index (χ4v) is 3.62. The second-order valence-corrected chi connectivity index (χ2v) is 7.08. The molecule has 0 radical (unpaired) electrons. The van der Waals surface area contributed by atoms with Crippen LogP contribution in [0.25, 0.3) is 10.9 Å². The molecule has 29 heavy (non-hydrogen) atoms. The zero-order valence-electron chi connectivity index (χ0n) is 16.2. The van der Waals surface area contributed by atoms with E-state index in [4.69, 9.17) is 0 Å². The van der Waals surface area contributed by atoms with Gasteiger partial charge in [0.25, 0.3) is 5.91 Å². The number of H-pyrrole nitrogens is 1. The summed E-state index contributed by atoms with van der Waals surface area (Å²) < 4.78 is 0. The molecule has 8 heteroatoms. The quantitative estimate of drug-likeness (QED) is 0.614. The van der Waals surface area contributed by atoms with Crippen molar-refractivity contribution in [3.05, 3.63) is 64.7 Å². The molecule has 3 aromatic rings. The van der Waals surface area contributed by atoms with Gasteiger partial charge in [0.1, 0.15) is 0 Å². The van der Waals surface area contributed by atoms with Crippen LogP contribution in [0, 0.1) is 0 Å². The van der Waals surface area contributed by atoms with Gasteiger partial charge in [0, 0.05) is 62.1 Å². The van der Waals surface area contributed by atoms with Crippen molar-refractivity contribution in [1.82, 2.24) is 25.2 Å². The van der Waals surface area contributed by atoms with Gasteiger partial charge in [-0.2, -0.15) is 0 Å². The number of carbonyl (C=O) groups is 1. The summed E-state index contributed by atoms with van der Waals surface area (Å²) in [6.07, 6.45) is 4.39. The van der Waals surface area contributed by atoms with Crippen molar-refractivity contribution >= 4 is 22.8 Å². The van der Waals surface area contributed by atoms with Crippen LogP contribution in [0.4, 0.5) is 5.95 Å². The summed E-state index contributed by atoms with van der Waals surface area (Å²) in [4.78, 5) is 40.3. The molecule has 0 saturated carbocycles. The SMILES string of the molecule is O=C(NCCCN1CCN(c2ncccn2)CC1)c1cc(=O)[nH]c2ccccc12. The largest absolute Gasteiger partial charge is 0.352 e. The first-order valence-electron chi connectivity index (χ1n) is 9.85. The van der Waals surface area contributed by atoms with Crippen molar-refractivity contribution in [2.75, 3.05) is 44.2 Å². The van der Waals surface area contributed by atoms with Gasteiger partial charge in [-0.25, -0.2) is 9.97 Å². The molecule has 1 saturated heterocycles. The fourth-order valence-electron chi connectivity index (χ4n) is 3.62. The number of nitrogens with one attached hydrogen (secondary N) is 2. The van der Waals surface area contributed by atoms with E-state index >= 15 is 0 Å². The van der Waals surface area contributed by atoms with E-state index in [1.54, 1.807) is 18.5 Å². The summed E-state index contributed by atoms with van der Waals surface area (Å²) >= 11 is 0. The van der Waals surface area contributed by atoms with E-state index in [2.05, 4.69) is 30.1 Å². The Morgan fingerprint density at radius 1 is 1.07 bits per heavy atom. The number of fused-ring (bicyclic) bond motifs is 1. The van der Waals surface area contributed by atoms with E-state index in [-0.39, 0.29) is 11.5 Å². The predicted molar refractivity (Wildman–Crippen MR) is 112 cm³/mol. The Balaban J connectivity index is 1.24. The number of pyridine rings is 1. The van der Waals surface area contributed by atoms with Gasteiger partial charge in [0.2, 0.25) is 11.5 Å². The molecule has 0 aliphatic carbocycles. The molecule has 1 aliphatic heterocycles. The van der Waals surface area contributed by atoms with Crippen molar-refractivity contribution in [1.29, 1.82) is 0 Å². The molecule has 150 valence electrons. The maximum atomic E-state index is 12.6. The van der Waals surface area contributed by atoms with E-state index in [1.807, 2.05) is 24.3 Å². The predicted octanol–water partition coefficient (Wildman–Crippen LogP) is 1.26. The molecule has 3 heterocycles. The molecule has 1 aliphatic rings. The molecule has 4 rings (SSSR count). The van der Waals surface area contributed by atoms with Crippen LogP contribution in [0.5, 0.6) is 0 Å². The van der Waals surface area contributed by atoms with Gasteiger partial charge in [0.05, 0.1) is 5.56 Å². The van der Waals surface area contributed by atoms with Crippen LogP contribution in [0.1, 0.15) is 16.8 Å². The maximum Gasteiger partial charge on any atom is 0.252 e. The van der Waals surface area contributed by atoms with Crippen LogP contribution < -0.4 is 15.8 Å². The van der Waals surface area contributed by atoms with Crippen LogP contribution in [-0.2, 0) is 0 Å². The second kappa shape index (κ2) is 8.83. The average molecular weight is 392 g/mol. The summed E-state index contributed by atoms with van der Waals surface area (Å²) in [5, 5.41) is 3.70. The second-order valence-electron chi connectivity index (χ2n) is 7.08. The normalized spacial score (nSPS) is 14.8. The van der Waals surface area contributed by atoms with Crippen molar-refractivity contribution in [3.8, 4) is 0 Å². The molecule has 2 N–H and O–H groups in total. The Bertz CT molecular complexity index is 1030. The average Bonchev–Trinajstić information content (AvgIpc) is 2.77. The lowest BCUT2D eigenvalue weighted by Crippen LogP contribution is -2.47. The lowest BCUT2D eigenvalue weighted by molar-refractivity contribution is 0.0953. The third kappa shape index (κ3) is 4.60. The highest BCUT2D eigenvalue weighted by Crippen LogP contribution is 2.14. The van der Waals surface area contributed by atoms with E-state index in [0.29, 0.717) is 17.6 Å². The van der Waals surface area contributed by atoms with Gasteiger partial charge >= 0.3 is 0 Å². The Morgan fingerprint density at radius 3 is 2.62 bits per heavy atom. The van der Waals surface area contributed by atoms with Gasteiger partial charge in [-0.1, -0.05) is 18.2 Å². The van der Waals surface area contributed by atoms with E-state index in [0.717, 1.165) is 50.5 Å². The third-order valence-corrected chi connectivity index (χ3v) is 5.14. The molecule has 0 atom stereocenters. The number of hydrogen-bond acceptors (Lipinski definition) is 6. The van der Waals surface area contributed by atoms with Crippen LogP contribution in [0.15, 0.2) is 53.6 Å². The molecule has 2 aromatic heterocycles. The Labute approximate surface area is 168 Å². The van der Waals surface area contributed by atoms with Crippen LogP contribution >= 0.6 is 0 Å². The van der Waals surface area contributed by atoms with Crippen molar-refractivity contribution < 1.29 is 4.79 Å². The summed E-state index contributed by atoms with van der Waals surface area (Å²) in [6.45, 7) is 5.18. The Kier molecular flexibility index (Phi) is 5.81. The number of carbonyl (C=O) groups excluding carboxylic acids is 1. The molecule has 1 amide bonds. The summed E-state index contributed by atoms with van der Waals surface area (Å²) in [5.41, 5.74) is 0.820. The van der Waals surface area contributed by atoms with Crippen LogP contribution in [0.3, 0.4) is 0 Å². The smallest absolute Gasteiger partial charge is 0.252 e. The van der Waals surface area contributed by atoms with Crippen molar-refractivity contribution in [3.63, 3.8) is 0 Å². The molecule has 0 bridgehead atoms. The van der Waals surface area contributed by atoms with E-state index < -0.39 is 0 Å². The number of rotatable bonds is 6. The highest BCUT2D eigenvalue weighted by molar-refractivity contribution is 6.05. The molecular formula is C21H24N6O2. The molecule has 0 unspecified atom stereocenters. The zero-order valence-corrected chi connectivity index (χ0v) is 16.2. The highest BCUT2D eigenvalue weighted by atomic mass is 16.2. The first-order valence-corrected chi connectivity index (χ1v) is 9.85. The van der Waals surface area contributed by atoms with Gasteiger partial charge < -0.3 is 15.2 Å². The first kappa shape index (κ1) is 19.1. The monoisotopic (exact) mass is 392 g/mol. The number of anilines is 1. The number of amides is 1. The minimum Gasteiger partial charge on any atom is -0.352 e. The number of nitrogens with zero attached hydrogens (tertiary/aromatic N) is 4. The van der Waals surface area contributed by atoms with E-state index in [9.17, 15) is 9.59 Å². The van der Waals surface area contributed by atoms with Gasteiger partial charge in [0.15, 0.2) is 0 Å². The summed E-state index contributed by atoms with van der Waals surface area (Å²) in [7, 11) is 0. The molecule has 1 aromatic carbocycles. The first-order chi connectivity index (χ1) is 14.2. The topological polar surface area (TPSA) is 94.2 Å². The van der Waals surface area contributed by atoms with Gasteiger partial charge in [-0.15, -0.1) is 0 Å². The van der Waals surface area contributed by atoms with Crippen molar-refractivity contribution in [2.45, 2.75) is 6.42 Å². The molecule has 1 fully saturated rings. The number of para-hydroxylation sites is 1. The molecule has 0 spiro atoms. The maximum absolute atomic E-state index is 12.6. The number of piperazine rings is 1. The minimum absolute atomic E-state index is 0.210. The number of benzene rings is 1. The highest BCUT2D eigenvalue weighted by Gasteiger charge is 2.18. The van der Waals surface area contributed by atoms with Crippen LogP contribution in [-0.4, -0.2) is 65.0 Å². The standard InChI is InChI=1S/C21H24N6O2/c28-19-15-17(16-5-1-2-6-18(16)25-19)20(29)22-9-4-10-26-11-13-27(14-12-26)21-23-7-3-8-24-21/h1-3,5-8,15H,4,9-14H2,(H,22,29)(H,25,28).